The average Bonchev–Trinajstić information content (AvgIpc) is 3.38. The van der Waals surface area contributed by atoms with Crippen molar-refractivity contribution in [2.45, 2.75) is 36.6 Å². The van der Waals surface area contributed by atoms with Crippen molar-refractivity contribution in [2.75, 3.05) is 23.3 Å². The van der Waals surface area contributed by atoms with Crippen LogP contribution in [-0.2, 0) is 19.6 Å². The fraction of sp³-hybridized carbons (Fsp3) is 0.333. The molecule has 2 saturated heterocycles. The Hall–Kier alpha value is -2.49. The van der Waals surface area contributed by atoms with Crippen molar-refractivity contribution in [1.82, 2.24) is 4.31 Å². The largest absolute Gasteiger partial charge is 0.325 e. The summed E-state index contributed by atoms with van der Waals surface area (Å²) < 4.78 is 40.2. The molecule has 0 unspecified atom stereocenters. The van der Waals surface area contributed by atoms with Gasteiger partial charge in [-0.05, 0) is 61.7 Å². The van der Waals surface area contributed by atoms with Crippen LogP contribution in [0, 0.1) is 5.82 Å². The van der Waals surface area contributed by atoms with Gasteiger partial charge in [0.05, 0.1) is 15.6 Å². The molecular weight excluding hydrogens is 445 g/mol. The number of sulfonamides is 1. The summed E-state index contributed by atoms with van der Waals surface area (Å²) in [7, 11) is -3.94. The molecule has 4 rings (SSSR count). The van der Waals surface area contributed by atoms with Crippen LogP contribution in [0.4, 0.5) is 15.8 Å². The molecule has 2 aromatic rings. The Morgan fingerprint density at radius 2 is 1.84 bits per heavy atom. The van der Waals surface area contributed by atoms with Gasteiger partial charge >= 0.3 is 0 Å². The number of hydrogen-bond donors (Lipinski definition) is 1. The molecule has 2 aromatic carbocycles. The number of hydrogen-bond acceptors (Lipinski definition) is 4. The Labute approximate surface area is 184 Å². The van der Waals surface area contributed by atoms with Crippen molar-refractivity contribution in [1.29, 1.82) is 0 Å². The van der Waals surface area contributed by atoms with Crippen molar-refractivity contribution < 1.29 is 22.4 Å². The lowest BCUT2D eigenvalue weighted by molar-refractivity contribution is -0.119. The van der Waals surface area contributed by atoms with Gasteiger partial charge in [-0.15, -0.1) is 0 Å². The predicted octanol–water partition coefficient (Wildman–Crippen LogP) is 3.40. The van der Waals surface area contributed by atoms with E-state index >= 15 is 0 Å². The highest BCUT2D eigenvalue weighted by Crippen LogP contribution is 2.32. The van der Waals surface area contributed by atoms with Crippen molar-refractivity contribution in [3.63, 3.8) is 0 Å². The number of nitrogens with one attached hydrogen (secondary N) is 1. The summed E-state index contributed by atoms with van der Waals surface area (Å²) in [5.74, 6) is -0.999. The summed E-state index contributed by atoms with van der Waals surface area (Å²) in [6.07, 6.45) is 2.16. The van der Waals surface area contributed by atoms with Gasteiger partial charge in [-0.2, -0.15) is 4.31 Å². The summed E-state index contributed by atoms with van der Waals surface area (Å²) in [6.45, 7) is 0.803. The Morgan fingerprint density at radius 3 is 2.48 bits per heavy atom. The second-order valence-corrected chi connectivity index (χ2v) is 9.83. The second-order valence-electron chi connectivity index (χ2n) is 7.53. The average molecular weight is 466 g/mol. The van der Waals surface area contributed by atoms with Gasteiger partial charge in [-0.3, -0.25) is 9.59 Å². The quantitative estimate of drug-likeness (QED) is 0.733. The zero-order valence-corrected chi connectivity index (χ0v) is 18.1. The van der Waals surface area contributed by atoms with Crippen LogP contribution in [0.5, 0.6) is 0 Å². The fourth-order valence-corrected chi connectivity index (χ4v) is 5.90. The summed E-state index contributed by atoms with van der Waals surface area (Å²) in [4.78, 5) is 26.4. The number of amides is 2. The standard InChI is InChI=1S/C21H21ClFN3O4S/c22-17-13-15(7-10-18(17)25-11-2-4-20(25)27)24-21(28)19-3-1-12-26(19)31(29,30)16-8-5-14(23)6-9-16/h5-10,13,19H,1-4,11-12H2,(H,24,28)/t19-/m0/s1. The van der Waals surface area contributed by atoms with Gasteiger partial charge in [-0.1, -0.05) is 11.6 Å². The minimum absolute atomic E-state index is 0.00582. The molecule has 0 spiro atoms. The van der Waals surface area contributed by atoms with Crippen LogP contribution in [0.2, 0.25) is 5.02 Å². The number of halogens is 2. The smallest absolute Gasteiger partial charge is 0.243 e. The Bertz CT molecular complexity index is 1120. The zero-order valence-electron chi connectivity index (χ0n) is 16.6. The highest BCUT2D eigenvalue weighted by atomic mass is 35.5. The van der Waals surface area contributed by atoms with E-state index in [1.165, 1.54) is 12.1 Å². The fourth-order valence-electron chi connectivity index (χ4n) is 3.96. The van der Waals surface area contributed by atoms with E-state index in [0.29, 0.717) is 42.2 Å². The molecule has 2 amide bonds. The minimum atomic E-state index is -3.94. The van der Waals surface area contributed by atoms with Crippen LogP contribution < -0.4 is 10.2 Å². The van der Waals surface area contributed by atoms with Crippen molar-refractivity contribution in [2.24, 2.45) is 0 Å². The van der Waals surface area contributed by atoms with Gasteiger partial charge in [-0.25, -0.2) is 12.8 Å². The molecule has 0 aliphatic carbocycles. The monoisotopic (exact) mass is 465 g/mol. The zero-order chi connectivity index (χ0) is 22.2. The number of carbonyl (C=O) groups excluding carboxylic acids is 2. The SMILES string of the molecule is O=C(Nc1ccc(N2CCCC2=O)c(Cl)c1)[C@@H]1CCCN1S(=O)(=O)c1ccc(F)cc1. The van der Waals surface area contributed by atoms with Gasteiger partial charge in [0, 0.05) is 25.2 Å². The molecule has 0 radical (unpaired) electrons. The van der Waals surface area contributed by atoms with Gasteiger partial charge in [0.2, 0.25) is 21.8 Å². The number of carbonyl (C=O) groups is 2. The van der Waals surface area contributed by atoms with Crippen molar-refractivity contribution in [3.8, 4) is 0 Å². The van der Waals surface area contributed by atoms with E-state index in [4.69, 9.17) is 11.6 Å². The summed E-state index contributed by atoms with van der Waals surface area (Å²) in [5.41, 5.74) is 1.000. The van der Waals surface area contributed by atoms with Crippen LogP contribution >= 0.6 is 11.6 Å². The van der Waals surface area contributed by atoms with E-state index in [1.807, 2.05) is 0 Å². The molecule has 2 aliphatic heterocycles. The predicted molar refractivity (Wildman–Crippen MR) is 115 cm³/mol. The first kappa shape index (κ1) is 21.7. The minimum Gasteiger partial charge on any atom is -0.325 e. The first-order valence-electron chi connectivity index (χ1n) is 9.95. The van der Waals surface area contributed by atoms with Gasteiger partial charge in [0.1, 0.15) is 11.9 Å². The second kappa shape index (κ2) is 8.57. The van der Waals surface area contributed by atoms with Crippen LogP contribution in [0.25, 0.3) is 0 Å². The maximum atomic E-state index is 13.2. The molecule has 2 heterocycles. The molecule has 1 N–H and O–H groups in total. The van der Waals surface area contributed by atoms with E-state index in [-0.39, 0.29) is 17.3 Å². The van der Waals surface area contributed by atoms with Crippen LogP contribution in [0.15, 0.2) is 47.4 Å². The van der Waals surface area contributed by atoms with Gasteiger partial charge in [0.25, 0.3) is 0 Å². The number of anilines is 2. The summed E-state index contributed by atoms with van der Waals surface area (Å²) in [5, 5.41) is 3.05. The molecule has 2 aliphatic rings. The normalized spacial score (nSPS) is 19.7. The molecule has 0 bridgehead atoms. The third-order valence-electron chi connectivity index (χ3n) is 5.51. The van der Waals surface area contributed by atoms with Gasteiger partial charge in [0.15, 0.2) is 0 Å². The van der Waals surface area contributed by atoms with Crippen LogP contribution in [0.3, 0.4) is 0 Å². The molecule has 7 nitrogen and oxygen atoms in total. The number of benzene rings is 2. The van der Waals surface area contributed by atoms with Crippen LogP contribution in [0.1, 0.15) is 25.7 Å². The maximum absolute atomic E-state index is 13.2. The first-order valence-corrected chi connectivity index (χ1v) is 11.8. The van der Waals surface area contributed by atoms with E-state index in [2.05, 4.69) is 5.32 Å². The molecule has 0 saturated carbocycles. The number of rotatable bonds is 5. The van der Waals surface area contributed by atoms with Crippen molar-refractivity contribution >= 4 is 44.8 Å². The Balaban J connectivity index is 1.51. The lowest BCUT2D eigenvalue weighted by Gasteiger charge is -2.24. The van der Waals surface area contributed by atoms with E-state index < -0.39 is 27.8 Å². The van der Waals surface area contributed by atoms with Crippen molar-refractivity contribution in [3.05, 3.63) is 53.3 Å². The molecule has 0 aromatic heterocycles. The lowest BCUT2D eigenvalue weighted by Crippen LogP contribution is -2.43. The molecule has 10 heteroatoms. The lowest BCUT2D eigenvalue weighted by atomic mass is 10.2. The van der Waals surface area contributed by atoms with Crippen LogP contribution in [-0.4, -0.2) is 43.7 Å². The molecule has 164 valence electrons. The van der Waals surface area contributed by atoms with Gasteiger partial charge < -0.3 is 10.2 Å². The highest BCUT2D eigenvalue weighted by molar-refractivity contribution is 7.89. The summed E-state index contributed by atoms with van der Waals surface area (Å²) in [6, 6.07) is 8.51. The molecule has 31 heavy (non-hydrogen) atoms. The molecular formula is C21H21ClFN3O4S. The molecule has 2 fully saturated rings. The number of nitrogens with zero attached hydrogens (tertiary/aromatic N) is 2. The topological polar surface area (TPSA) is 86.8 Å². The van der Waals surface area contributed by atoms with E-state index in [1.54, 1.807) is 23.1 Å². The third kappa shape index (κ3) is 4.30. The third-order valence-corrected chi connectivity index (χ3v) is 7.73. The maximum Gasteiger partial charge on any atom is 0.243 e. The van der Waals surface area contributed by atoms with E-state index in [0.717, 1.165) is 22.9 Å². The summed E-state index contributed by atoms with van der Waals surface area (Å²) >= 11 is 6.33. The first-order chi connectivity index (χ1) is 14.8. The highest BCUT2D eigenvalue weighted by Gasteiger charge is 2.39. The Morgan fingerprint density at radius 1 is 1.10 bits per heavy atom. The molecule has 1 atom stereocenters. The Kier molecular flexibility index (Phi) is 6.00. The van der Waals surface area contributed by atoms with E-state index in [9.17, 15) is 22.4 Å².